The summed E-state index contributed by atoms with van der Waals surface area (Å²) in [6.45, 7) is 2.36. The van der Waals surface area contributed by atoms with Crippen LogP contribution in [0, 0.1) is 5.92 Å². The molecule has 5 heteroatoms. The molecule has 0 aliphatic carbocycles. The van der Waals surface area contributed by atoms with Gasteiger partial charge in [-0.1, -0.05) is 0 Å². The van der Waals surface area contributed by atoms with Crippen molar-refractivity contribution in [1.82, 2.24) is 5.32 Å². The minimum Gasteiger partial charge on any atom is -0.316 e. The SMILES string of the molecule is CS(=O)(=O)OCC[C@H]1CCNC1. The van der Waals surface area contributed by atoms with Crippen LogP contribution in [-0.4, -0.2) is 34.4 Å². The van der Waals surface area contributed by atoms with E-state index in [2.05, 4.69) is 9.50 Å². The predicted molar refractivity (Wildman–Crippen MR) is 46.4 cm³/mol. The molecular weight excluding hydrogens is 178 g/mol. The van der Waals surface area contributed by atoms with Crippen molar-refractivity contribution < 1.29 is 12.6 Å². The first-order chi connectivity index (χ1) is 5.58. The molecule has 0 spiro atoms. The molecule has 0 unspecified atom stereocenters. The fraction of sp³-hybridized carbons (Fsp3) is 1.00. The molecule has 1 atom stereocenters. The Bertz CT molecular complexity index is 219. The van der Waals surface area contributed by atoms with Crippen molar-refractivity contribution in [2.24, 2.45) is 5.92 Å². The van der Waals surface area contributed by atoms with Gasteiger partial charge in [0.05, 0.1) is 12.9 Å². The van der Waals surface area contributed by atoms with E-state index in [-0.39, 0.29) is 0 Å². The molecule has 1 saturated heterocycles. The van der Waals surface area contributed by atoms with E-state index < -0.39 is 10.1 Å². The number of hydrogen-bond acceptors (Lipinski definition) is 4. The minimum absolute atomic E-state index is 0.325. The molecule has 1 fully saturated rings. The molecule has 0 aromatic heterocycles. The van der Waals surface area contributed by atoms with Gasteiger partial charge < -0.3 is 5.32 Å². The Morgan fingerprint density at radius 1 is 1.58 bits per heavy atom. The van der Waals surface area contributed by atoms with Crippen molar-refractivity contribution in [2.75, 3.05) is 26.0 Å². The Morgan fingerprint density at radius 2 is 2.33 bits per heavy atom. The summed E-state index contributed by atoms with van der Waals surface area (Å²) in [6, 6.07) is 0. The Hall–Kier alpha value is -0.130. The average molecular weight is 193 g/mol. The summed E-state index contributed by atoms with van der Waals surface area (Å²) in [7, 11) is -3.24. The average Bonchev–Trinajstić information content (AvgIpc) is 2.36. The van der Waals surface area contributed by atoms with Gasteiger partial charge in [-0.15, -0.1) is 0 Å². The van der Waals surface area contributed by atoms with Crippen molar-refractivity contribution in [3.05, 3.63) is 0 Å². The van der Waals surface area contributed by atoms with Crippen molar-refractivity contribution in [2.45, 2.75) is 12.8 Å². The lowest BCUT2D eigenvalue weighted by molar-refractivity contribution is 0.290. The summed E-state index contributed by atoms with van der Waals surface area (Å²) in [4.78, 5) is 0. The first kappa shape index (κ1) is 9.95. The molecule has 1 aliphatic heterocycles. The number of hydrogen-bond donors (Lipinski definition) is 1. The van der Waals surface area contributed by atoms with Gasteiger partial charge in [0, 0.05) is 0 Å². The normalized spacial score (nSPS) is 24.6. The zero-order valence-corrected chi connectivity index (χ0v) is 8.06. The van der Waals surface area contributed by atoms with E-state index in [4.69, 9.17) is 0 Å². The molecule has 0 bridgehead atoms. The van der Waals surface area contributed by atoms with Crippen molar-refractivity contribution in [3.8, 4) is 0 Å². The Morgan fingerprint density at radius 3 is 2.83 bits per heavy atom. The lowest BCUT2D eigenvalue weighted by Gasteiger charge is -2.06. The molecule has 1 heterocycles. The molecule has 1 aliphatic rings. The first-order valence-electron chi connectivity index (χ1n) is 4.13. The third kappa shape index (κ3) is 4.04. The van der Waals surface area contributed by atoms with E-state index >= 15 is 0 Å². The van der Waals surface area contributed by atoms with Crippen LogP contribution in [0.3, 0.4) is 0 Å². The standard InChI is InChI=1S/C7H15NO3S/c1-12(9,10)11-5-3-7-2-4-8-6-7/h7-8H,2-6H2,1H3/t7-/m1/s1. The van der Waals surface area contributed by atoms with Gasteiger partial charge in [-0.05, 0) is 31.8 Å². The molecule has 12 heavy (non-hydrogen) atoms. The third-order valence-corrected chi connectivity index (χ3v) is 2.58. The van der Waals surface area contributed by atoms with Crippen LogP contribution in [0.15, 0.2) is 0 Å². The summed E-state index contributed by atoms with van der Waals surface area (Å²) in [5, 5.41) is 3.21. The van der Waals surface area contributed by atoms with Gasteiger partial charge >= 0.3 is 0 Å². The van der Waals surface area contributed by atoms with Gasteiger partial charge in [0.2, 0.25) is 0 Å². The molecule has 0 saturated carbocycles. The lowest BCUT2D eigenvalue weighted by atomic mass is 10.1. The summed E-state index contributed by atoms with van der Waals surface area (Å²) in [5.41, 5.74) is 0. The van der Waals surface area contributed by atoms with Crippen LogP contribution >= 0.6 is 0 Å². The summed E-state index contributed by atoms with van der Waals surface area (Å²) in [5.74, 6) is 0.590. The van der Waals surface area contributed by atoms with Crippen LogP contribution < -0.4 is 5.32 Å². The quantitative estimate of drug-likeness (QED) is 0.637. The van der Waals surface area contributed by atoms with E-state index in [0.717, 1.165) is 32.2 Å². The predicted octanol–water partition coefficient (Wildman–Crippen LogP) is -0.0378. The van der Waals surface area contributed by atoms with E-state index in [1.807, 2.05) is 0 Å². The van der Waals surface area contributed by atoms with Crippen molar-refractivity contribution in [3.63, 3.8) is 0 Å². The molecule has 1 N–H and O–H groups in total. The maximum atomic E-state index is 10.6. The maximum absolute atomic E-state index is 10.6. The van der Waals surface area contributed by atoms with Crippen LogP contribution in [0.2, 0.25) is 0 Å². The van der Waals surface area contributed by atoms with Crippen LogP contribution in [0.5, 0.6) is 0 Å². The maximum Gasteiger partial charge on any atom is 0.264 e. The van der Waals surface area contributed by atoms with E-state index in [0.29, 0.717) is 12.5 Å². The molecule has 1 rings (SSSR count). The zero-order valence-electron chi connectivity index (χ0n) is 7.25. The zero-order chi connectivity index (χ0) is 9.03. The van der Waals surface area contributed by atoms with Gasteiger partial charge in [0.15, 0.2) is 0 Å². The van der Waals surface area contributed by atoms with Crippen LogP contribution in [0.4, 0.5) is 0 Å². The highest BCUT2D eigenvalue weighted by molar-refractivity contribution is 7.85. The fourth-order valence-corrected chi connectivity index (χ4v) is 1.73. The lowest BCUT2D eigenvalue weighted by Crippen LogP contribution is -2.12. The Balaban J connectivity index is 2.09. The van der Waals surface area contributed by atoms with Crippen LogP contribution in [0.1, 0.15) is 12.8 Å². The topological polar surface area (TPSA) is 55.4 Å². The molecule has 4 nitrogen and oxygen atoms in total. The van der Waals surface area contributed by atoms with E-state index in [1.54, 1.807) is 0 Å². The minimum atomic E-state index is -3.24. The molecule has 72 valence electrons. The Labute approximate surface area is 73.4 Å². The molecule has 0 aromatic carbocycles. The largest absolute Gasteiger partial charge is 0.316 e. The van der Waals surface area contributed by atoms with Crippen molar-refractivity contribution in [1.29, 1.82) is 0 Å². The first-order valence-corrected chi connectivity index (χ1v) is 5.95. The highest BCUT2D eigenvalue weighted by Crippen LogP contribution is 2.12. The summed E-state index contributed by atoms with van der Waals surface area (Å²) >= 11 is 0. The molecule has 0 aromatic rings. The molecule has 0 radical (unpaired) electrons. The number of nitrogens with one attached hydrogen (secondary N) is 1. The second kappa shape index (κ2) is 4.20. The van der Waals surface area contributed by atoms with Crippen LogP contribution in [-0.2, 0) is 14.3 Å². The summed E-state index contributed by atoms with van der Waals surface area (Å²) in [6.07, 6.45) is 3.05. The van der Waals surface area contributed by atoms with Gasteiger partial charge in [-0.25, -0.2) is 0 Å². The third-order valence-electron chi connectivity index (χ3n) is 1.99. The Kier molecular flexibility index (Phi) is 3.49. The van der Waals surface area contributed by atoms with Gasteiger partial charge in [-0.3, -0.25) is 4.18 Å². The second-order valence-corrected chi connectivity index (χ2v) is 4.82. The smallest absolute Gasteiger partial charge is 0.264 e. The second-order valence-electron chi connectivity index (χ2n) is 3.17. The van der Waals surface area contributed by atoms with Gasteiger partial charge in [0.25, 0.3) is 10.1 Å². The summed E-state index contributed by atoms with van der Waals surface area (Å²) < 4.78 is 25.8. The van der Waals surface area contributed by atoms with Gasteiger partial charge in [0.1, 0.15) is 0 Å². The fourth-order valence-electron chi connectivity index (χ4n) is 1.33. The van der Waals surface area contributed by atoms with E-state index in [1.165, 1.54) is 0 Å². The monoisotopic (exact) mass is 193 g/mol. The van der Waals surface area contributed by atoms with Crippen LogP contribution in [0.25, 0.3) is 0 Å². The van der Waals surface area contributed by atoms with E-state index in [9.17, 15) is 8.42 Å². The van der Waals surface area contributed by atoms with Gasteiger partial charge in [-0.2, -0.15) is 8.42 Å². The molecular formula is C7H15NO3S. The highest BCUT2D eigenvalue weighted by atomic mass is 32.2. The van der Waals surface area contributed by atoms with Crippen molar-refractivity contribution >= 4 is 10.1 Å². The highest BCUT2D eigenvalue weighted by Gasteiger charge is 2.14. The number of rotatable bonds is 4. The molecule has 0 amide bonds.